The van der Waals surface area contributed by atoms with Crippen LogP contribution < -0.4 is 0 Å². The number of unbranched alkanes of at least 4 members (excludes halogenated alkanes) is 26. The van der Waals surface area contributed by atoms with Crippen LogP contribution in [0.25, 0.3) is 0 Å². The Morgan fingerprint density at radius 1 is 0.468 bits per heavy atom. The fourth-order valence-electron chi connectivity index (χ4n) is 8.21. The highest BCUT2D eigenvalue weighted by atomic mass is 16.7. The highest BCUT2D eigenvalue weighted by Gasteiger charge is 2.47. The van der Waals surface area contributed by atoms with Gasteiger partial charge in [0, 0.05) is 13.0 Å². The number of hydrogen-bond acceptors (Lipinski definition) is 14. The molecule has 2 fully saturated rings. The molecule has 14 nitrogen and oxygen atoms in total. The van der Waals surface area contributed by atoms with Gasteiger partial charge in [0.15, 0.2) is 12.6 Å². The van der Waals surface area contributed by atoms with E-state index >= 15 is 0 Å². The zero-order valence-electron chi connectivity index (χ0n) is 38.9. The summed E-state index contributed by atoms with van der Waals surface area (Å²) in [4.78, 5) is 12.5. The van der Waals surface area contributed by atoms with Gasteiger partial charge in [-0.25, -0.2) is 0 Å². The Hall–Kier alpha value is -1.01. The van der Waals surface area contributed by atoms with Crippen molar-refractivity contribution in [2.75, 3.05) is 33.0 Å². The minimum Gasteiger partial charge on any atom is -0.457 e. The lowest BCUT2D eigenvalue weighted by molar-refractivity contribution is -0.332. The minimum atomic E-state index is -1.70. The van der Waals surface area contributed by atoms with E-state index < -0.39 is 86.7 Å². The third kappa shape index (κ3) is 25.0. The Labute approximate surface area is 374 Å². The van der Waals surface area contributed by atoms with Crippen LogP contribution in [-0.4, -0.2) is 142 Å². The molecule has 368 valence electrons. The van der Waals surface area contributed by atoms with E-state index in [0.717, 1.165) is 25.7 Å². The molecule has 0 bridgehead atoms. The molecule has 2 aliphatic heterocycles. The molecule has 2 heterocycles. The third-order valence-corrected chi connectivity index (χ3v) is 12.4. The summed E-state index contributed by atoms with van der Waals surface area (Å²) < 4.78 is 33.8. The van der Waals surface area contributed by atoms with Crippen LogP contribution in [0.1, 0.15) is 200 Å². The van der Waals surface area contributed by atoms with Crippen molar-refractivity contribution in [3.05, 3.63) is 0 Å². The molecule has 0 aromatic heterocycles. The summed E-state index contributed by atoms with van der Waals surface area (Å²) in [5.41, 5.74) is 0. The molecule has 0 aliphatic carbocycles. The summed E-state index contributed by atoms with van der Waals surface area (Å²) in [6.45, 7) is 3.46. The van der Waals surface area contributed by atoms with Gasteiger partial charge in [0.1, 0.15) is 54.9 Å². The van der Waals surface area contributed by atoms with Crippen molar-refractivity contribution < 1.29 is 69.0 Å². The monoisotopic (exact) mass is 893 g/mol. The number of ether oxygens (including phenoxy) is 6. The van der Waals surface area contributed by atoms with Crippen molar-refractivity contribution >= 4 is 5.97 Å². The summed E-state index contributed by atoms with van der Waals surface area (Å²) in [5.74, 6) is -0.407. The zero-order chi connectivity index (χ0) is 45.2. The van der Waals surface area contributed by atoms with E-state index in [1.807, 2.05) is 6.92 Å². The van der Waals surface area contributed by atoms with Crippen LogP contribution in [0.2, 0.25) is 0 Å². The first-order valence-corrected chi connectivity index (χ1v) is 25.1. The van der Waals surface area contributed by atoms with Gasteiger partial charge < -0.3 is 64.2 Å². The lowest BCUT2D eigenvalue weighted by Gasteiger charge is -2.42. The summed E-state index contributed by atoms with van der Waals surface area (Å²) in [6.07, 6.45) is 20.5. The van der Waals surface area contributed by atoms with Crippen molar-refractivity contribution in [3.8, 4) is 0 Å². The molecule has 62 heavy (non-hydrogen) atoms. The molecule has 2 rings (SSSR count). The van der Waals surface area contributed by atoms with Crippen LogP contribution in [0.15, 0.2) is 0 Å². The first kappa shape index (κ1) is 57.1. The first-order valence-electron chi connectivity index (χ1n) is 25.1. The zero-order valence-corrected chi connectivity index (χ0v) is 38.9. The van der Waals surface area contributed by atoms with Crippen LogP contribution in [0.3, 0.4) is 0 Å². The van der Waals surface area contributed by atoms with Crippen molar-refractivity contribution in [1.29, 1.82) is 0 Å². The van der Waals surface area contributed by atoms with Gasteiger partial charge in [-0.3, -0.25) is 4.79 Å². The van der Waals surface area contributed by atoms with Crippen molar-refractivity contribution in [2.45, 2.75) is 268 Å². The Morgan fingerprint density at radius 2 is 0.855 bits per heavy atom. The maximum Gasteiger partial charge on any atom is 0.306 e. The van der Waals surface area contributed by atoms with Crippen LogP contribution >= 0.6 is 0 Å². The topological polar surface area (TPSA) is 214 Å². The molecular weight excluding hydrogens is 801 g/mol. The van der Waals surface area contributed by atoms with Crippen LogP contribution in [0.4, 0.5) is 0 Å². The molecule has 2 aliphatic rings. The lowest BCUT2D eigenvalue weighted by Crippen LogP contribution is -2.61. The number of rotatable bonds is 40. The van der Waals surface area contributed by atoms with E-state index in [-0.39, 0.29) is 19.6 Å². The molecule has 14 heteroatoms. The molecule has 11 unspecified atom stereocenters. The number of esters is 1. The summed E-state index contributed by atoms with van der Waals surface area (Å²) in [6, 6.07) is 0. The smallest absolute Gasteiger partial charge is 0.306 e. The fraction of sp³-hybridized carbons (Fsp3) is 0.979. The molecule has 0 radical (unpaired) electrons. The second-order valence-electron chi connectivity index (χ2n) is 18.0. The molecule has 2 saturated heterocycles. The third-order valence-electron chi connectivity index (χ3n) is 12.4. The van der Waals surface area contributed by atoms with Crippen LogP contribution in [-0.2, 0) is 33.2 Å². The van der Waals surface area contributed by atoms with E-state index in [1.54, 1.807) is 0 Å². The largest absolute Gasteiger partial charge is 0.457 e. The molecular formula is C48H92O14. The second kappa shape index (κ2) is 37.1. The molecule has 0 amide bonds. The molecule has 0 aromatic carbocycles. The molecule has 0 aromatic rings. The first-order chi connectivity index (χ1) is 30.1. The van der Waals surface area contributed by atoms with E-state index in [1.165, 1.54) is 148 Å². The van der Waals surface area contributed by atoms with E-state index in [2.05, 4.69) is 6.92 Å². The number of carbonyl (C=O) groups excluding carboxylic acids is 1. The minimum absolute atomic E-state index is 0.0644. The average Bonchev–Trinajstić information content (AvgIpc) is 3.27. The van der Waals surface area contributed by atoms with Crippen LogP contribution in [0, 0.1) is 0 Å². The average molecular weight is 893 g/mol. The SMILES string of the molecule is CCCCCCCCCCCCCCCCCCCCCCCCCCCCOCC(COC1OC(COC2OC(CO)C(O)C(O)C2O)C(O)C(O)C1O)OC(=O)CCCC. The Kier molecular flexibility index (Phi) is 34.2. The number of aliphatic hydroxyl groups excluding tert-OH is 7. The maximum absolute atomic E-state index is 12.5. The van der Waals surface area contributed by atoms with Gasteiger partial charge in [-0.2, -0.15) is 0 Å². The van der Waals surface area contributed by atoms with Gasteiger partial charge in [0.05, 0.1) is 26.4 Å². The molecule has 11 atom stereocenters. The summed E-state index contributed by atoms with van der Waals surface area (Å²) >= 11 is 0. The Balaban J connectivity index is 1.52. The van der Waals surface area contributed by atoms with Gasteiger partial charge in [-0.05, 0) is 12.8 Å². The number of aliphatic hydroxyl groups is 7. The lowest BCUT2D eigenvalue weighted by atomic mass is 9.98. The van der Waals surface area contributed by atoms with Crippen molar-refractivity contribution in [3.63, 3.8) is 0 Å². The maximum atomic E-state index is 12.5. The summed E-state index contributed by atoms with van der Waals surface area (Å²) in [5, 5.41) is 71.5. The molecule has 7 N–H and O–H groups in total. The summed E-state index contributed by atoms with van der Waals surface area (Å²) in [7, 11) is 0. The number of carbonyl (C=O) groups is 1. The number of hydrogen-bond donors (Lipinski definition) is 7. The molecule has 0 saturated carbocycles. The second-order valence-corrected chi connectivity index (χ2v) is 18.0. The standard InChI is InChI=1S/C48H92O14/c1-3-5-7-8-9-10-11-12-13-14-15-16-17-18-19-20-21-22-23-24-25-26-27-28-29-30-32-57-34-37(60-40(50)31-6-4-2)35-58-47-46(56)44(54)42(52)39(62-47)36-59-48-45(55)43(53)41(51)38(33-49)61-48/h37-39,41-49,51-56H,3-36H2,1-2H3. The van der Waals surface area contributed by atoms with Crippen molar-refractivity contribution in [1.82, 2.24) is 0 Å². The normalized spacial score (nSPS) is 27.1. The Bertz CT molecular complexity index is 1040. The van der Waals surface area contributed by atoms with E-state index in [9.17, 15) is 40.5 Å². The predicted molar refractivity (Wildman–Crippen MR) is 238 cm³/mol. The van der Waals surface area contributed by atoms with Crippen molar-refractivity contribution in [2.24, 2.45) is 0 Å². The van der Waals surface area contributed by atoms with Gasteiger partial charge in [0.2, 0.25) is 0 Å². The van der Waals surface area contributed by atoms with E-state index in [4.69, 9.17) is 28.4 Å². The quantitative estimate of drug-likeness (QED) is 0.0246. The van der Waals surface area contributed by atoms with Crippen LogP contribution in [0.5, 0.6) is 0 Å². The van der Waals surface area contributed by atoms with Gasteiger partial charge >= 0.3 is 5.97 Å². The predicted octanol–water partition coefficient (Wildman–Crippen LogP) is 6.91. The van der Waals surface area contributed by atoms with Gasteiger partial charge in [-0.15, -0.1) is 0 Å². The fourth-order valence-corrected chi connectivity index (χ4v) is 8.21. The molecule has 0 spiro atoms. The highest BCUT2D eigenvalue weighted by molar-refractivity contribution is 5.69. The van der Waals surface area contributed by atoms with Gasteiger partial charge in [0.25, 0.3) is 0 Å². The Morgan fingerprint density at radius 3 is 1.29 bits per heavy atom. The highest BCUT2D eigenvalue weighted by Crippen LogP contribution is 2.26. The van der Waals surface area contributed by atoms with E-state index in [0.29, 0.717) is 13.0 Å². The van der Waals surface area contributed by atoms with Gasteiger partial charge in [-0.1, -0.05) is 181 Å².